The molecule has 1 aromatic heterocycles. The number of hydrogen-bond donors (Lipinski definition) is 0. The predicted molar refractivity (Wildman–Crippen MR) is 71.0 cm³/mol. The van der Waals surface area contributed by atoms with Crippen LogP contribution in [0.5, 0.6) is 0 Å². The third kappa shape index (κ3) is 1.82. The van der Waals surface area contributed by atoms with E-state index in [0.29, 0.717) is 5.56 Å². The van der Waals surface area contributed by atoms with E-state index in [9.17, 15) is 5.26 Å². The van der Waals surface area contributed by atoms with E-state index in [1.54, 1.807) is 0 Å². The van der Waals surface area contributed by atoms with Gasteiger partial charge in [0.25, 0.3) is 0 Å². The molecule has 0 spiro atoms. The van der Waals surface area contributed by atoms with E-state index in [0.717, 1.165) is 41.4 Å². The van der Waals surface area contributed by atoms with Gasteiger partial charge in [-0.05, 0) is 47.3 Å². The summed E-state index contributed by atoms with van der Waals surface area (Å²) in [5.74, 6) is 0. The molecule has 0 saturated carbocycles. The van der Waals surface area contributed by atoms with Crippen molar-refractivity contribution in [3.63, 3.8) is 0 Å². The Morgan fingerprint density at radius 2 is 2.33 bits per heavy atom. The van der Waals surface area contributed by atoms with E-state index < -0.39 is 0 Å². The number of nitriles is 1. The molecule has 2 aromatic rings. The van der Waals surface area contributed by atoms with Gasteiger partial charge in [0, 0.05) is 12.0 Å². The van der Waals surface area contributed by atoms with Crippen molar-refractivity contribution < 1.29 is 4.74 Å². The quantitative estimate of drug-likeness (QED) is 0.811. The minimum atomic E-state index is -0.0537. The van der Waals surface area contributed by atoms with Crippen molar-refractivity contribution in [2.45, 2.75) is 25.5 Å². The normalized spacial score (nSPS) is 19.9. The monoisotopic (exact) mass is 305 g/mol. The second-order valence-corrected chi connectivity index (χ2v) is 5.12. The fourth-order valence-corrected chi connectivity index (χ4v) is 2.86. The van der Waals surface area contributed by atoms with Crippen LogP contribution in [0.4, 0.5) is 0 Å². The Bertz CT molecular complexity index is 623. The van der Waals surface area contributed by atoms with Crippen LogP contribution in [0, 0.1) is 11.3 Å². The molecular weight excluding hydrogens is 294 g/mol. The van der Waals surface area contributed by atoms with Crippen LogP contribution in [0.2, 0.25) is 0 Å². The molecule has 1 aliphatic rings. The van der Waals surface area contributed by atoms with Crippen LogP contribution in [-0.4, -0.2) is 16.4 Å². The standard InChI is InChI=1S/C13H12BrN3O/c14-13-10-5-3-4-9(8-15)12(10)17(16-13)11-6-1-2-7-18-11/h3-5,11H,1-2,6-7H2. The molecule has 2 heterocycles. The first kappa shape index (κ1) is 11.7. The second-order valence-electron chi connectivity index (χ2n) is 4.37. The maximum absolute atomic E-state index is 9.22. The molecule has 0 radical (unpaired) electrons. The number of nitrogens with zero attached hydrogens (tertiary/aromatic N) is 3. The molecule has 0 N–H and O–H groups in total. The zero-order chi connectivity index (χ0) is 12.5. The molecule has 4 nitrogen and oxygen atoms in total. The number of aromatic nitrogens is 2. The fraction of sp³-hybridized carbons (Fsp3) is 0.385. The zero-order valence-corrected chi connectivity index (χ0v) is 11.4. The van der Waals surface area contributed by atoms with Crippen molar-refractivity contribution in [1.82, 2.24) is 9.78 Å². The third-order valence-corrected chi connectivity index (χ3v) is 3.82. The van der Waals surface area contributed by atoms with Crippen molar-refractivity contribution in [2.75, 3.05) is 6.61 Å². The number of hydrogen-bond acceptors (Lipinski definition) is 3. The van der Waals surface area contributed by atoms with E-state index in [1.165, 1.54) is 0 Å². The lowest BCUT2D eigenvalue weighted by atomic mass is 10.1. The fourth-order valence-electron chi connectivity index (χ4n) is 2.37. The highest BCUT2D eigenvalue weighted by Gasteiger charge is 2.21. The van der Waals surface area contributed by atoms with Gasteiger partial charge < -0.3 is 4.74 Å². The zero-order valence-electron chi connectivity index (χ0n) is 9.77. The van der Waals surface area contributed by atoms with Crippen molar-refractivity contribution >= 4 is 26.8 Å². The molecule has 1 aromatic carbocycles. The smallest absolute Gasteiger partial charge is 0.150 e. The molecule has 5 heteroatoms. The van der Waals surface area contributed by atoms with E-state index in [4.69, 9.17) is 4.74 Å². The Morgan fingerprint density at radius 3 is 3.06 bits per heavy atom. The lowest BCUT2D eigenvalue weighted by Crippen LogP contribution is -2.19. The van der Waals surface area contributed by atoms with Crippen LogP contribution in [0.3, 0.4) is 0 Å². The van der Waals surface area contributed by atoms with Gasteiger partial charge in [0.2, 0.25) is 0 Å². The van der Waals surface area contributed by atoms with Gasteiger partial charge in [-0.15, -0.1) is 0 Å². The molecular formula is C13H12BrN3O. The van der Waals surface area contributed by atoms with Crippen LogP contribution in [0.25, 0.3) is 10.9 Å². The maximum atomic E-state index is 9.22. The Labute approximate surface area is 113 Å². The molecule has 1 saturated heterocycles. The molecule has 1 fully saturated rings. The van der Waals surface area contributed by atoms with Crippen LogP contribution in [-0.2, 0) is 4.74 Å². The number of halogens is 1. The van der Waals surface area contributed by atoms with Crippen molar-refractivity contribution in [1.29, 1.82) is 5.26 Å². The molecule has 0 amide bonds. The summed E-state index contributed by atoms with van der Waals surface area (Å²) < 4.78 is 8.37. The minimum absolute atomic E-state index is 0.0537. The van der Waals surface area contributed by atoms with Gasteiger partial charge in [0.15, 0.2) is 6.23 Å². The van der Waals surface area contributed by atoms with Gasteiger partial charge in [-0.25, -0.2) is 4.68 Å². The molecule has 18 heavy (non-hydrogen) atoms. The van der Waals surface area contributed by atoms with Crippen LogP contribution < -0.4 is 0 Å². The molecule has 3 rings (SSSR count). The highest BCUT2D eigenvalue weighted by atomic mass is 79.9. The first-order valence-corrected chi connectivity index (χ1v) is 6.79. The van der Waals surface area contributed by atoms with Gasteiger partial charge in [-0.1, -0.05) is 6.07 Å². The van der Waals surface area contributed by atoms with E-state index in [2.05, 4.69) is 27.1 Å². The third-order valence-electron chi connectivity index (χ3n) is 3.23. The summed E-state index contributed by atoms with van der Waals surface area (Å²) in [7, 11) is 0. The average molecular weight is 306 g/mol. The summed E-state index contributed by atoms with van der Waals surface area (Å²) >= 11 is 3.45. The molecule has 1 atom stereocenters. The Balaban J connectivity index is 2.19. The maximum Gasteiger partial charge on any atom is 0.150 e. The summed E-state index contributed by atoms with van der Waals surface area (Å²) in [6.45, 7) is 0.762. The van der Waals surface area contributed by atoms with Crippen molar-refractivity contribution in [3.8, 4) is 6.07 Å². The van der Waals surface area contributed by atoms with E-state index in [1.807, 2.05) is 22.9 Å². The summed E-state index contributed by atoms with van der Waals surface area (Å²) in [4.78, 5) is 0. The molecule has 92 valence electrons. The first-order chi connectivity index (χ1) is 8.81. The number of para-hydroxylation sites is 1. The molecule has 1 unspecified atom stereocenters. The Kier molecular flexibility index (Phi) is 3.06. The van der Waals surface area contributed by atoms with Crippen LogP contribution in [0.1, 0.15) is 31.1 Å². The number of fused-ring (bicyclic) bond motifs is 1. The average Bonchev–Trinajstić information content (AvgIpc) is 2.77. The lowest BCUT2D eigenvalue weighted by Gasteiger charge is -2.23. The van der Waals surface area contributed by atoms with Crippen molar-refractivity contribution in [2.24, 2.45) is 0 Å². The SMILES string of the molecule is N#Cc1cccc2c(Br)nn(C3CCCCO3)c12. The first-order valence-electron chi connectivity index (χ1n) is 5.99. The second kappa shape index (κ2) is 4.71. The number of benzene rings is 1. The highest BCUT2D eigenvalue weighted by Crippen LogP contribution is 2.31. The molecule has 0 aliphatic carbocycles. The lowest BCUT2D eigenvalue weighted by molar-refractivity contribution is -0.0368. The number of rotatable bonds is 1. The van der Waals surface area contributed by atoms with E-state index >= 15 is 0 Å². The molecule has 0 bridgehead atoms. The topological polar surface area (TPSA) is 50.8 Å². The van der Waals surface area contributed by atoms with Gasteiger partial charge in [-0.2, -0.15) is 10.4 Å². The summed E-state index contributed by atoms with van der Waals surface area (Å²) in [6, 6.07) is 7.88. The summed E-state index contributed by atoms with van der Waals surface area (Å²) in [5, 5.41) is 14.7. The van der Waals surface area contributed by atoms with Gasteiger partial charge in [0.1, 0.15) is 10.7 Å². The summed E-state index contributed by atoms with van der Waals surface area (Å²) in [6.07, 6.45) is 3.13. The van der Waals surface area contributed by atoms with Crippen molar-refractivity contribution in [3.05, 3.63) is 28.4 Å². The molecule has 1 aliphatic heterocycles. The van der Waals surface area contributed by atoms with Gasteiger partial charge >= 0.3 is 0 Å². The van der Waals surface area contributed by atoms with Gasteiger partial charge in [0.05, 0.1) is 11.1 Å². The van der Waals surface area contributed by atoms with Crippen LogP contribution in [0.15, 0.2) is 22.8 Å². The number of ether oxygens (including phenoxy) is 1. The van der Waals surface area contributed by atoms with Gasteiger partial charge in [-0.3, -0.25) is 0 Å². The largest absolute Gasteiger partial charge is 0.356 e. The predicted octanol–water partition coefficient (Wildman–Crippen LogP) is 3.37. The Hall–Kier alpha value is -1.38. The minimum Gasteiger partial charge on any atom is -0.356 e. The van der Waals surface area contributed by atoms with Crippen LogP contribution >= 0.6 is 15.9 Å². The van der Waals surface area contributed by atoms with E-state index in [-0.39, 0.29) is 6.23 Å². The Morgan fingerprint density at radius 1 is 1.44 bits per heavy atom. The summed E-state index contributed by atoms with van der Waals surface area (Å²) in [5.41, 5.74) is 1.50. The highest BCUT2D eigenvalue weighted by molar-refractivity contribution is 9.10.